The Morgan fingerprint density at radius 2 is 1.65 bits per heavy atom. The first-order chi connectivity index (χ1) is 15.0. The van der Waals surface area contributed by atoms with E-state index in [0.29, 0.717) is 32.3 Å². The number of rotatable bonds is 6. The molecule has 4 aromatic rings. The number of nitrogens with one attached hydrogen (secondary N) is 1. The number of aromatic nitrogens is 3. The van der Waals surface area contributed by atoms with Crippen molar-refractivity contribution in [3.8, 4) is 0 Å². The highest BCUT2D eigenvalue weighted by molar-refractivity contribution is 6.35. The second-order valence-corrected chi connectivity index (χ2v) is 7.54. The van der Waals surface area contributed by atoms with Crippen molar-refractivity contribution >= 4 is 51.8 Å². The van der Waals surface area contributed by atoms with Crippen LogP contribution in [-0.4, -0.2) is 26.9 Å². The van der Waals surface area contributed by atoms with E-state index in [0.717, 1.165) is 0 Å². The number of nitrogens with zero attached hydrogens (tertiary/aromatic N) is 3. The fourth-order valence-corrected chi connectivity index (χ4v) is 3.59. The van der Waals surface area contributed by atoms with Gasteiger partial charge in [0.15, 0.2) is 0 Å². The number of benzene rings is 3. The fraction of sp³-hybridized carbons (Fsp3) is 0.0909. The summed E-state index contributed by atoms with van der Waals surface area (Å²) in [4.78, 5) is 25.6. The molecule has 3 aromatic carbocycles. The van der Waals surface area contributed by atoms with Crippen LogP contribution >= 0.6 is 23.2 Å². The molecule has 0 aliphatic carbocycles. The van der Waals surface area contributed by atoms with E-state index in [2.05, 4.69) is 15.6 Å². The van der Waals surface area contributed by atoms with Crippen molar-refractivity contribution in [2.45, 2.75) is 12.6 Å². The fourth-order valence-electron chi connectivity index (χ4n) is 3.06. The van der Waals surface area contributed by atoms with Gasteiger partial charge in [-0.3, -0.25) is 9.59 Å². The van der Waals surface area contributed by atoms with Crippen LogP contribution < -0.4 is 5.32 Å². The average Bonchev–Trinajstić information content (AvgIpc) is 3.14. The molecule has 0 radical (unpaired) electrons. The van der Waals surface area contributed by atoms with Gasteiger partial charge < -0.3 is 10.1 Å². The molecule has 0 bridgehead atoms. The Balaban J connectivity index is 1.55. The topological polar surface area (TPSA) is 86.1 Å². The van der Waals surface area contributed by atoms with E-state index < -0.39 is 18.0 Å². The van der Waals surface area contributed by atoms with E-state index in [9.17, 15) is 9.59 Å². The lowest BCUT2D eigenvalue weighted by atomic mass is 10.1. The molecule has 1 atom stereocenters. The maximum atomic E-state index is 13.0. The summed E-state index contributed by atoms with van der Waals surface area (Å²) >= 11 is 12.0. The van der Waals surface area contributed by atoms with Crippen LogP contribution in [0.25, 0.3) is 11.0 Å². The van der Waals surface area contributed by atoms with Gasteiger partial charge in [-0.25, -0.2) is 4.68 Å². The normalized spacial score (nSPS) is 11.8. The number of carbonyl (C=O) groups is 2. The largest absolute Gasteiger partial charge is 0.446 e. The van der Waals surface area contributed by atoms with E-state index in [1.165, 1.54) is 4.68 Å². The first-order valence-electron chi connectivity index (χ1n) is 9.29. The molecular weight excluding hydrogens is 439 g/mol. The third-order valence-corrected chi connectivity index (χ3v) is 4.86. The van der Waals surface area contributed by atoms with Gasteiger partial charge >= 0.3 is 5.97 Å². The molecule has 1 unspecified atom stereocenters. The Morgan fingerprint density at radius 1 is 0.968 bits per heavy atom. The lowest BCUT2D eigenvalue weighted by Gasteiger charge is -2.18. The highest BCUT2D eigenvalue weighted by Gasteiger charge is 2.26. The van der Waals surface area contributed by atoms with Crippen LogP contribution in [0.4, 0.5) is 5.69 Å². The molecule has 0 fully saturated rings. The van der Waals surface area contributed by atoms with Gasteiger partial charge in [0.1, 0.15) is 12.1 Å². The van der Waals surface area contributed by atoms with Crippen molar-refractivity contribution in [2.24, 2.45) is 0 Å². The van der Waals surface area contributed by atoms with Crippen LogP contribution in [-0.2, 0) is 20.9 Å². The van der Waals surface area contributed by atoms with Crippen molar-refractivity contribution in [3.63, 3.8) is 0 Å². The van der Waals surface area contributed by atoms with Crippen LogP contribution in [0, 0.1) is 0 Å². The number of hydrogen-bond donors (Lipinski definition) is 1. The minimum absolute atomic E-state index is 0.194. The zero-order valence-electron chi connectivity index (χ0n) is 16.0. The van der Waals surface area contributed by atoms with Gasteiger partial charge in [0.25, 0.3) is 5.91 Å². The maximum absolute atomic E-state index is 13.0. The number of halogens is 2. The standard InChI is InChI=1S/C22H16Cl2N4O3/c23-15-10-16(24)12-17(11-15)25-22(30)21(14-6-2-1-3-7-14)31-20(29)13-28-19-9-5-4-8-18(19)26-27-28/h1-12,21H,13H2,(H,25,30). The number of fused-ring (bicyclic) bond motifs is 1. The second-order valence-electron chi connectivity index (χ2n) is 6.66. The second kappa shape index (κ2) is 9.16. The summed E-state index contributed by atoms with van der Waals surface area (Å²) in [6.45, 7) is -0.194. The zero-order valence-corrected chi connectivity index (χ0v) is 17.5. The summed E-state index contributed by atoms with van der Waals surface area (Å²) in [5.74, 6) is -1.18. The molecule has 7 nitrogen and oxygen atoms in total. The summed E-state index contributed by atoms with van der Waals surface area (Å²) in [6, 6.07) is 20.6. The number of anilines is 1. The summed E-state index contributed by atoms with van der Waals surface area (Å²) in [6.07, 6.45) is -1.18. The number of para-hydroxylation sites is 1. The van der Waals surface area contributed by atoms with Gasteiger partial charge in [0.2, 0.25) is 6.10 Å². The van der Waals surface area contributed by atoms with Crippen LogP contribution in [0.2, 0.25) is 10.0 Å². The molecule has 0 spiro atoms. The van der Waals surface area contributed by atoms with Crippen molar-refractivity contribution < 1.29 is 14.3 Å². The van der Waals surface area contributed by atoms with Crippen molar-refractivity contribution in [1.82, 2.24) is 15.0 Å². The maximum Gasteiger partial charge on any atom is 0.328 e. The molecule has 156 valence electrons. The molecule has 1 heterocycles. The van der Waals surface area contributed by atoms with Gasteiger partial charge in [-0.2, -0.15) is 0 Å². The van der Waals surface area contributed by atoms with Gasteiger partial charge in [-0.1, -0.05) is 70.9 Å². The zero-order chi connectivity index (χ0) is 21.8. The molecule has 1 amide bonds. The van der Waals surface area contributed by atoms with E-state index in [1.54, 1.807) is 60.7 Å². The molecule has 9 heteroatoms. The number of carbonyl (C=O) groups excluding carboxylic acids is 2. The number of esters is 1. The first kappa shape index (κ1) is 20.8. The molecule has 0 saturated heterocycles. The Kier molecular flexibility index (Phi) is 6.16. The van der Waals surface area contributed by atoms with Crippen molar-refractivity contribution in [2.75, 3.05) is 5.32 Å². The van der Waals surface area contributed by atoms with E-state index in [1.807, 2.05) is 12.1 Å². The summed E-state index contributed by atoms with van der Waals surface area (Å²) in [7, 11) is 0. The average molecular weight is 455 g/mol. The lowest BCUT2D eigenvalue weighted by Crippen LogP contribution is -2.27. The van der Waals surface area contributed by atoms with E-state index in [-0.39, 0.29) is 6.54 Å². The molecule has 1 aromatic heterocycles. The Hall–Kier alpha value is -3.42. The Morgan fingerprint density at radius 3 is 2.39 bits per heavy atom. The number of ether oxygens (including phenoxy) is 1. The third kappa shape index (κ3) is 5.02. The van der Waals surface area contributed by atoms with Gasteiger partial charge in [0, 0.05) is 21.3 Å². The number of hydrogen-bond acceptors (Lipinski definition) is 5. The molecule has 1 N–H and O–H groups in total. The lowest BCUT2D eigenvalue weighted by molar-refractivity contribution is -0.155. The molecule has 0 aliphatic rings. The molecule has 0 aliphatic heterocycles. The van der Waals surface area contributed by atoms with E-state index in [4.69, 9.17) is 27.9 Å². The minimum atomic E-state index is -1.18. The highest BCUT2D eigenvalue weighted by Crippen LogP contribution is 2.25. The predicted molar refractivity (Wildman–Crippen MR) is 118 cm³/mol. The van der Waals surface area contributed by atoms with Gasteiger partial charge in [0.05, 0.1) is 5.52 Å². The monoisotopic (exact) mass is 454 g/mol. The van der Waals surface area contributed by atoms with E-state index >= 15 is 0 Å². The Labute approximate surface area is 187 Å². The SMILES string of the molecule is O=C(Cn1nnc2ccccc21)OC(C(=O)Nc1cc(Cl)cc(Cl)c1)c1ccccc1. The van der Waals surface area contributed by atoms with Crippen molar-refractivity contribution in [1.29, 1.82) is 0 Å². The molecule has 0 saturated carbocycles. The van der Waals surface area contributed by atoms with Crippen LogP contribution in [0.5, 0.6) is 0 Å². The van der Waals surface area contributed by atoms with Crippen LogP contribution in [0.3, 0.4) is 0 Å². The predicted octanol–water partition coefficient (Wildman–Crippen LogP) is 4.66. The highest BCUT2D eigenvalue weighted by atomic mass is 35.5. The van der Waals surface area contributed by atoms with Gasteiger partial charge in [-0.15, -0.1) is 5.10 Å². The van der Waals surface area contributed by atoms with Gasteiger partial charge in [-0.05, 0) is 30.3 Å². The van der Waals surface area contributed by atoms with Crippen LogP contribution in [0.1, 0.15) is 11.7 Å². The first-order valence-corrected chi connectivity index (χ1v) is 10.0. The molecule has 31 heavy (non-hydrogen) atoms. The summed E-state index contributed by atoms with van der Waals surface area (Å²) in [5.41, 5.74) is 2.26. The summed E-state index contributed by atoms with van der Waals surface area (Å²) < 4.78 is 6.97. The smallest absolute Gasteiger partial charge is 0.328 e. The van der Waals surface area contributed by atoms with Crippen LogP contribution in [0.15, 0.2) is 72.8 Å². The molecular formula is C22H16Cl2N4O3. The Bertz CT molecular complexity index is 1220. The minimum Gasteiger partial charge on any atom is -0.446 e. The number of amides is 1. The third-order valence-electron chi connectivity index (χ3n) is 4.42. The summed E-state index contributed by atoms with van der Waals surface area (Å²) in [5, 5.41) is 11.4. The quantitative estimate of drug-likeness (QED) is 0.428. The van der Waals surface area contributed by atoms with Crippen molar-refractivity contribution in [3.05, 3.63) is 88.4 Å². The molecule has 4 rings (SSSR count).